The zero-order valence-corrected chi connectivity index (χ0v) is 7.50. The number of hydrogen-bond acceptors (Lipinski definition) is 3. The number of nitrogens with zero attached hydrogens (tertiary/aromatic N) is 1. The summed E-state index contributed by atoms with van der Waals surface area (Å²) < 4.78 is 1.03. The predicted molar refractivity (Wildman–Crippen MR) is 49.3 cm³/mol. The molecule has 0 saturated carbocycles. The number of rotatable bonds is 1. The zero-order chi connectivity index (χ0) is 7.56. The van der Waals surface area contributed by atoms with Crippen molar-refractivity contribution in [1.29, 1.82) is 0 Å². The van der Waals surface area contributed by atoms with Crippen molar-refractivity contribution in [3.05, 3.63) is 21.5 Å². The minimum Gasteiger partial charge on any atom is -0.397 e. The maximum Gasteiger partial charge on any atom is 0.0674 e. The SMILES string of the molecule is NCc1ncc(N)cc1I. The Hall–Kier alpha value is -0.360. The summed E-state index contributed by atoms with van der Waals surface area (Å²) >= 11 is 2.16. The molecule has 3 nitrogen and oxygen atoms in total. The molecule has 1 heterocycles. The number of halogens is 1. The first-order chi connectivity index (χ1) is 4.74. The van der Waals surface area contributed by atoms with E-state index < -0.39 is 0 Å². The molecule has 0 amide bonds. The fraction of sp³-hybridized carbons (Fsp3) is 0.167. The van der Waals surface area contributed by atoms with Crippen LogP contribution in [0, 0.1) is 3.57 Å². The highest BCUT2D eigenvalue weighted by atomic mass is 127. The molecule has 1 aromatic heterocycles. The zero-order valence-electron chi connectivity index (χ0n) is 5.34. The third kappa shape index (κ3) is 1.57. The summed E-state index contributed by atoms with van der Waals surface area (Å²) in [5.74, 6) is 0. The molecule has 4 heteroatoms. The Bertz CT molecular complexity index is 236. The summed E-state index contributed by atoms with van der Waals surface area (Å²) in [6, 6.07) is 1.86. The maximum absolute atomic E-state index is 5.47. The van der Waals surface area contributed by atoms with Crippen LogP contribution in [0.3, 0.4) is 0 Å². The number of hydrogen-bond donors (Lipinski definition) is 2. The summed E-state index contributed by atoms with van der Waals surface area (Å²) in [5, 5.41) is 0. The number of nitrogens with two attached hydrogens (primary N) is 2. The van der Waals surface area contributed by atoms with E-state index in [1.165, 1.54) is 0 Å². The van der Waals surface area contributed by atoms with E-state index in [-0.39, 0.29) is 0 Å². The molecule has 1 aromatic rings. The van der Waals surface area contributed by atoms with E-state index in [9.17, 15) is 0 Å². The largest absolute Gasteiger partial charge is 0.397 e. The Morgan fingerprint density at radius 3 is 2.80 bits per heavy atom. The first-order valence-electron chi connectivity index (χ1n) is 2.84. The van der Waals surface area contributed by atoms with Gasteiger partial charge in [0.1, 0.15) is 0 Å². The molecule has 54 valence electrons. The molecule has 0 bridgehead atoms. The standard InChI is InChI=1S/C6H8IN3/c7-5-1-4(9)3-10-6(5)2-8/h1,3H,2,8-9H2. The van der Waals surface area contributed by atoms with Crippen LogP contribution in [0.5, 0.6) is 0 Å². The van der Waals surface area contributed by atoms with Crippen molar-refractivity contribution in [3.63, 3.8) is 0 Å². The van der Waals surface area contributed by atoms with Crippen molar-refractivity contribution in [2.75, 3.05) is 5.73 Å². The molecule has 0 aliphatic carbocycles. The Balaban J connectivity index is 3.07. The van der Waals surface area contributed by atoms with Gasteiger partial charge in [-0.25, -0.2) is 0 Å². The van der Waals surface area contributed by atoms with Crippen LogP contribution < -0.4 is 11.5 Å². The number of pyridine rings is 1. The lowest BCUT2D eigenvalue weighted by Gasteiger charge is -1.99. The van der Waals surface area contributed by atoms with Crippen LogP contribution >= 0.6 is 22.6 Å². The monoisotopic (exact) mass is 249 g/mol. The number of aromatic nitrogens is 1. The molecule has 0 atom stereocenters. The minimum absolute atomic E-state index is 0.471. The van der Waals surface area contributed by atoms with Crippen LogP contribution in [0.25, 0.3) is 0 Å². The van der Waals surface area contributed by atoms with Crippen molar-refractivity contribution < 1.29 is 0 Å². The van der Waals surface area contributed by atoms with Crippen LogP contribution in [-0.2, 0) is 6.54 Å². The van der Waals surface area contributed by atoms with Gasteiger partial charge in [-0.05, 0) is 28.7 Å². The lowest BCUT2D eigenvalue weighted by Crippen LogP contribution is -2.02. The number of anilines is 1. The molecular weight excluding hydrogens is 241 g/mol. The number of nitrogen functional groups attached to an aromatic ring is 1. The Labute approximate surface area is 73.0 Å². The average molecular weight is 249 g/mol. The summed E-state index contributed by atoms with van der Waals surface area (Å²) in [6.07, 6.45) is 1.62. The molecule has 1 rings (SSSR count). The molecular formula is C6H8IN3. The first-order valence-corrected chi connectivity index (χ1v) is 3.92. The van der Waals surface area contributed by atoms with Crippen LogP contribution in [0.15, 0.2) is 12.3 Å². The van der Waals surface area contributed by atoms with E-state index >= 15 is 0 Å². The fourth-order valence-electron chi connectivity index (χ4n) is 0.631. The molecule has 0 aliphatic rings. The van der Waals surface area contributed by atoms with E-state index in [1.807, 2.05) is 6.07 Å². The second kappa shape index (κ2) is 3.16. The van der Waals surface area contributed by atoms with Crippen molar-refractivity contribution in [1.82, 2.24) is 4.98 Å². The highest BCUT2D eigenvalue weighted by Gasteiger charge is 1.97. The van der Waals surface area contributed by atoms with Crippen LogP contribution in [-0.4, -0.2) is 4.98 Å². The van der Waals surface area contributed by atoms with Gasteiger partial charge in [0.25, 0.3) is 0 Å². The van der Waals surface area contributed by atoms with Gasteiger partial charge in [0.05, 0.1) is 17.6 Å². The topological polar surface area (TPSA) is 64.9 Å². The smallest absolute Gasteiger partial charge is 0.0674 e. The Kier molecular flexibility index (Phi) is 2.44. The second-order valence-electron chi connectivity index (χ2n) is 1.90. The highest BCUT2D eigenvalue weighted by molar-refractivity contribution is 14.1. The van der Waals surface area contributed by atoms with E-state index in [4.69, 9.17) is 11.5 Å². The van der Waals surface area contributed by atoms with Crippen molar-refractivity contribution >= 4 is 28.3 Å². The normalized spacial score (nSPS) is 9.80. The lowest BCUT2D eigenvalue weighted by molar-refractivity contribution is 0.980. The average Bonchev–Trinajstić information content (AvgIpc) is 1.88. The van der Waals surface area contributed by atoms with Crippen molar-refractivity contribution in [3.8, 4) is 0 Å². The first kappa shape index (κ1) is 7.74. The molecule has 0 saturated heterocycles. The third-order valence-electron chi connectivity index (χ3n) is 1.13. The van der Waals surface area contributed by atoms with E-state index in [0.29, 0.717) is 12.2 Å². The van der Waals surface area contributed by atoms with Gasteiger partial charge >= 0.3 is 0 Å². The van der Waals surface area contributed by atoms with Gasteiger partial charge < -0.3 is 11.5 Å². The summed E-state index contributed by atoms with van der Waals surface area (Å²) in [7, 11) is 0. The van der Waals surface area contributed by atoms with Gasteiger partial charge in [-0.15, -0.1) is 0 Å². The molecule has 0 aliphatic heterocycles. The third-order valence-corrected chi connectivity index (χ3v) is 2.07. The van der Waals surface area contributed by atoms with Crippen LogP contribution in [0.4, 0.5) is 5.69 Å². The molecule has 0 aromatic carbocycles. The quantitative estimate of drug-likeness (QED) is 0.721. The lowest BCUT2D eigenvalue weighted by atomic mass is 10.3. The minimum atomic E-state index is 0.471. The molecule has 0 unspecified atom stereocenters. The van der Waals surface area contributed by atoms with Crippen LogP contribution in [0.2, 0.25) is 0 Å². The maximum atomic E-state index is 5.47. The fourth-order valence-corrected chi connectivity index (χ4v) is 1.35. The summed E-state index contributed by atoms with van der Waals surface area (Å²) in [5.41, 5.74) is 12.4. The van der Waals surface area contributed by atoms with Gasteiger partial charge in [0.2, 0.25) is 0 Å². The molecule has 4 N–H and O–H groups in total. The molecule has 0 fully saturated rings. The van der Waals surface area contributed by atoms with Crippen molar-refractivity contribution in [2.45, 2.75) is 6.54 Å². The summed E-state index contributed by atoms with van der Waals surface area (Å²) in [6.45, 7) is 0.471. The predicted octanol–water partition coefficient (Wildman–Crippen LogP) is 0.727. The van der Waals surface area contributed by atoms with Gasteiger partial charge in [-0.1, -0.05) is 0 Å². The van der Waals surface area contributed by atoms with Crippen LogP contribution in [0.1, 0.15) is 5.69 Å². The molecule has 0 radical (unpaired) electrons. The summed E-state index contributed by atoms with van der Waals surface area (Å²) in [4.78, 5) is 4.04. The highest BCUT2D eigenvalue weighted by Crippen LogP contribution is 2.11. The van der Waals surface area contributed by atoms with E-state index in [2.05, 4.69) is 27.6 Å². The van der Waals surface area contributed by atoms with Gasteiger partial charge in [0, 0.05) is 10.1 Å². The second-order valence-corrected chi connectivity index (χ2v) is 3.06. The van der Waals surface area contributed by atoms with Crippen molar-refractivity contribution in [2.24, 2.45) is 5.73 Å². The molecule has 0 spiro atoms. The van der Waals surface area contributed by atoms with Gasteiger partial charge in [0.15, 0.2) is 0 Å². The van der Waals surface area contributed by atoms with E-state index in [1.54, 1.807) is 6.20 Å². The van der Waals surface area contributed by atoms with Gasteiger partial charge in [-0.2, -0.15) is 0 Å². The van der Waals surface area contributed by atoms with Gasteiger partial charge in [-0.3, -0.25) is 4.98 Å². The Morgan fingerprint density at radius 2 is 2.30 bits per heavy atom. The molecule has 10 heavy (non-hydrogen) atoms. The Morgan fingerprint density at radius 1 is 1.60 bits per heavy atom. The van der Waals surface area contributed by atoms with E-state index in [0.717, 1.165) is 9.26 Å².